The van der Waals surface area contributed by atoms with Gasteiger partial charge < -0.3 is 5.32 Å². The van der Waals surface area contributed by atoms with E-state index < -0.39 is 10.0 Å². The number of nitrogens with two attached hydrogens (primary N) is 1. The van der Waals surface area contributed by atoms with Crippen LogP contribution in [-0.4, -0.2) is 19.5 Å². The molecule has 6 nitrogen and oxygen atoms in total. The zero-order chi connectivity index (χ0) is 16.4. The molecule has 1 aliphatic rings. The first-order chi connectivity index (χ1) is 10.9. The first kappa shape index (κ1) is 15.9. The van der Waals surface area contributed by atoms with Crippen LogP contribution >= 0.6 is 23.1 Å². The van der Waals surface area contributed by atoms with Crippen LogP contribution in [0.2, 0.25) is 0 Å². The van der Waals surface area contributed by atoms with Gasteiger partial charge >= 0.3 is 0 Å². The average molecular weight is 365 g/mol. The Labute approximate surface area is 141 Å². The van der Waals surface area contributed by atoms with Crippen molar-refractivity contribution in [3.05, 3.63) is 51.6 Å². The molecule has 1 amide bonds. The second kappa shape index (κ2) is 6.28. The number of amides is 1. The maximum absolute atomic E-state index is 11.6. The molecule has 1 aromatic carbocycles. The van der Waals surface area contributed by atoms with Gasteiger partial charge in [0.25, 0.3) is 5.24 Å². The van der Waals surface area contributed by atoms with Crippen LogP contribution in [0.25, 0.3) is 6.08 Å². The normalized spacial score (nSPS) is 18.6. The summed E-state index contributed by atoms with van der Waals surface area (Å²) in [5.41, 5.74) is 0.521. The lowest BCUT2D eigenvalue weighted by atomic mass is 10.3. The van der Waals surface area contributed by atoms with Crippen LogP contribution in [0, 0.1) is 0 Å². The number of rotatable bonds is 3. The standard InChI is InChI=1S/C14H11N3O3S3/c15-23(19,20)11-5-3-9(4-6-11)16-13-12(22-14(18)17-13)8-10-2-1-7-21-10/h1-8H,(H2,15,19,20)(H,16,17,18)/b12-8-. The Kier molecular flexibility index (Phi) is 4.35. The van der Waals surface area contributed by atoms with E-state index in [0.29, 0.717) is 16.4 Å². The Morgan fingerprint density at radius 1 is 1.17 bits per heavy atom. The van der Waals surface area contributed by atoms with Gasteiger partial charge in [0.1, 0.15) is 5.84 Å². The number of hydrogen-bond donors (Lipinski definition) is 2. The molecule has 1 saturated heterocycles. The number of thiophene rings is 1. The molecule has 2 heterocycles. The Morgan fingerprint density at radius 3 is 2.52 bits per heavy atom. The van der Waals surface area contributed by atoms with E-state index in [2.05, 4.69) is 10.3 Å². The summed E-state index contributed by atoms with van der Waals surface area (Å²) in [5.74, 6) is 0.441. The van der Waals surface area contributed by atoms with Gasteiger partial charge in [-0.15, -0.1) is 11.3 Å². The van der Waals surface area contributed by atoms with Crippen LogP contribution in [0.4, 0.5) is 10.5 Å². The maximum atomic E-state index is 11.6. The third-order valence-electron chi connectivity index (χ3n) is 2.88. The molecule has 1 aliphatic heterocycles. The van der Waals surface area contributed by atoms with Crippen molar-refractivity contribution in [3.63, 3.8) is 0 Å². The Hall–Kier alpha value is -1.94. The van der Waals surface area contributed by atoms with E-state index in [1.54, 1.807) is 11.3 Å². The number of nitrogens with zero attached hydrogens (tertiary/aromatic N) is 1. The van der Waals surface area contributed by atoms with Gasteiger partial charge in [-0.05, 0) is 53.5 Å². The lowest BCUT2D eigenvalue weighted by Crippen LogP contribution is -2.18. The fourth-order valence-corrected chi connectivity index (χ4v) is 3.83. The van der Waals surface area contributed by atoms with E-state index in [4.69, 9.17) is 5.14 Å². The van der Waals surface area contributed by atoms with Crippen LogP contribution in [0.3, 0.4) is 0 Å². The van der Waals surface area contributed by atoms with Crippen molar-refractivity contribution >= 4 is 56.0 Å². The largest absolute Gasteiger partial charge is 0.300 e. The number of benzene rings is 1. The molecular formula is C14H11N3O3S3. The van der Waals surface area contributed by atoms with Gasteiger partial charge in [-0.2, -0.15) is 0 Å². The van der Waals surface area contributed by atoms with Crippen molar-refractivity contribution < 1.29 is 13.2 Å². The average Bonchev–Trinajstić information content (AvgIpc) is 3.09. The molecule has 0 saturated carbocycles. The van der Waals surface area contributed by atoms with Gasteiger partial charge in [0.15, 0.2) is 0 Å². The molecule has 0 spiro atoms. The highest BCUT2D eigenvalue weighted by Gasteiger charge is 2.23. The molecular weight excluding hydrogens is 354 g/mol. The second-order valence-electron chi connectivity index (χ2n) is 4.54. The number of thioether (sulfide) groups is 1. The minimum absolute atomic E-state index is 0.0145. The van der Waals surface area contributed by atoms with Crippen LogP contribution in [0.1, 0.15) is 4.88 Å². The molecule has 2 aromatic rings. The summed E-state index contributed by atoms with van der Waals surface area (Å²) in [7, 11) is -3.73. The number of carbonyl (C=O) groups excluding carboxylic acids is 1. The van der Waals surface area contributed by atoms with E-state index in [-0.39, 0.29) is 10.1 Å². The Morgan fingerprint density at radius 2 is 1.91 bits per heavy atom. The molecule has 3 rings (SSSR count). The van der Waals surface area contributed by atoms with E-state index in [0.717, 1.165) is 16.6 Å². The quantitative estimate of drug-likeness (QED) is 0.873. The second-order valence-corrected chi connectivity index (χ2v) is 8.09. The van der Waals surface area contributed by atoms with E-state index in [9.17, 15) is 13.2 Å². The molecule has 1 fully saturated rings. The number of sulfonamides is 1. The molecule has 3 N–H and O–H groups in total. The lowest BCUT2D eigenvalue weighted by molar-refractivity contribution is 0.265. The van der Waals surface area contributed by atoms with Gasteiger partial charge in [0.05, 0.1) is 15.5 Å². The van der Waals surface area contributed by atoms with Crippen molar-refractivity contribution in [1.29, 1.82) is 0 Å². The highest BCUT2D eigenvalue weighted by atomic mass is 32.2. The first-order valence-electron chi connectivity index (χ1n) is 6.38. The fourth-order valence-electron chi connectivity index (χ4n) is 1.85. The van der Waals surface area contributed by atoms with Crippen LogP contribution in [0.5, 0.6) is 0 Å². The number of carbonyl (C=O) groups is 1. The molecule has 0 atom stereocenters. The molecule has 23 heavy (non-hydrogen) atoms. The summed E-state index contributed by atoms with van der Waals surface area (Å²) in [6.07, 6.45) is 1.88. The molecule has 0 aliphatic carbocycles. The van der Waals surface area contributed by atoms with Gasteiger partial charge in [-0.1, -0.05) is 6.07 Å². The summed E-state index contributed by atoms with van der Waals surface area (Å²) in [6, 6.07) is 9.69. The molecule has 9 heteroatoms. The molecule has 0 radical (unpaired) electrons. The number of amidine groups is 1. The minimum atomic E-state index is -3.73. The summed E-state index contributed by atoms with van der Waals surface area (Å²) in [4.78, 5) is 17.7. The number of nitrogens with one attached hydrogen (secondary N) is 1. The first-order valence-corrected chi connectivity index (χ1v) is 9.62. The third-order valence-corrected chi connectivity index (χ3v) is 5.45. The zero-order valence-electron chi connectivity index (χ0n) is 11.6. The van der Waals surface area contributed by atoms with E-state index >= 15 is 0 Å². The monoisotopic (exact) mass is 365 g/mol. The van der Waals surface area contributed by atoms with E-state index in [1.807, 2.05) is 23.6 Å². The van der Waals surface area contributed by atoms with Crippen LogP contribution in [-0.2, 0) is 10.0 Å². The number of hydrogen-bond acceptors (Lipinski definition) is 6. The number of primary sulfonamides is 1. The number of aliphatic imine (C=N–C) groups is 1. The summed E-state index contributed by atoms with van der Waals surface area (Å²) in [6.45, 7) is 0. The van der Waals surface area contributed by atoms with Gasteiger partial charge in [0.2, 0.25) is 10.0 Å². The smallest absolute Gasteiger partial charge is 0.289 e. The Balaban J connectivity index is 1.92. The van der Waals surface area contributed by atoms with Gasteiger partial charge in [-0.3, -0.25) is 4.79 Å². The third kappa shape index (κ3) is 3.88. The predicted molar refractivity (Wildman–Crippen MR) is 93.3 cm³/mol. The highest BCUT2D eigenvalue weighted by Crippen LogP contribution is 2.29. The summed E-state index contributed by atoms with van der Waals surface area (Å²) < 4.78 is 22.5. The van der Waals surface area contributed by atoms with Crippen molar-refractivity contribution in [2.75, 3.05) is 0 Å². The Bertz CT molecular complexity index is 898. The van der Waals surface area contributed by atoms with Gasteiger partial charge in [0, 0.05) is 4.88 Å². The van der Waals surface area contributed by atoms with E-state index in [1.165, 1.54) is 24.3 Å². The fraction of sp³-hybridized carbons (Fsp3) is 0. The van der Waals surface area contributed by atoms with Crippen molar-refractivity contribution in [2.45, 2.75) is 4.90 Å². The molecule has 118 valence electrons. The predicted octanol–water partition coefficient (Wildman–Crippen LogP) is 2.92. The van der Waals surface area contributed by atoms with Crippen molar-refractivity contribution in [3.8, 4) is 0 Å². The SMILES string of the molecule is NS(=O)(=O)c1ccc(N=C2NC(=O)S/C2=C\c2cccs2)cc1. The van der Waals surface area contributed by atoms with Crippen molar-refractivity contribution in [2.24, 2.45) is 10.1 Å². The summed E-state index contributed by atoms with van der Waals surface area (Å²) in [5, 5.41) is 9.48. The maximum Gasteiger partial charge on any atom is 0.289 e. The van der Waals surface area contributed by atoms with Crippen LogP contribution < -0.4 is 10.5 Å². The molecule has 0 unspecified atom stereocenters. The lowest BCUT2D eigenvalue weighted by Gasteiger charge is -2.01. The highest BCUT2D eigenvalue weighted by molar-refractivity contribution is 8.18. The van der Waals surface area contributed by atoms with Crippen molar-refractivity contribution in [1.82, 2.24) is 5.32 Å². The van der Waals surface area contributed by atoms with Gasteiger partial charge in [-0.25, -0.2) is 18.5 Å². The molecule has 0 bridgehead atoms. The van der Waals surface area contributed by atoms with Crippen LogP contribution in [0.15, 0.2) is 56.6 Å². The minimum Gasteiger partial charge on any atom is -0.300 e. The topological polar surface area (TPSA) is 102 Å². The molecule has 1 aromatic heterocycles. The zero-order valence-corrected chi connectivity index (χ0v) is 14.0. The summed E-state index contributed by atoms with van der Waals surface area (Å²) >= 11 is 2.63.